The molecule has 0 unspecified atom stereocenters. The molecule has 1 aliphatic rings. The van der Waals surface area contributed by atoms with Crippen LogP contribution in [-0.4, -0.2) is 47.3 Å². The van der Waals surface area contributed by atoms with Crippen molar-refractivity contribution in [3.05, 3.63) is 21.7 Å². The molecule has 0 atom stereocenters. The van der Waals surface area contributed by atoms with Gasteiger partial charge >= 0.3 is 11.7 Å². The van der Waals surface area contributed by atoms with Gasteiger partial charge in [-0.05, 0) is 0 Å². The van der Waals surface area contributed by atoms with Crippen LogP contribution in [-0.2, 0) is 4.74 Å². The summed E-state index contributed by atoms with van der Waals surface area (Å²) in [6, 6.07) is 1.17. The maximum absolute atomic E-state index is 11.1. The summed E-state index contributed by atoms with van der Waals surface area (Å²) in [4.78, 5) is 26.7. The average molecular weight is 268 g/mol. The Bertz CT molecular complexity index is 527. The van der Waals surface area contributed by atoms with E-state index >= 15 is 0 Å². The van der Waals surface area contributed by atoms with Gasteiger partial charge in [0.25, 0.3) is 0 Å². The second-order valence-corrected chi connectivity index (χ2v) is 3.92. The van der Waals surface area contributed by atoms with E-state index in [1.807, 2.05) is 0 Å². The van der Waals surface area contributed by atoms with E-state index in [-0.39, 0.29) is 0 Å². The Morgan fingerprint density at radius 1 is 1.53 bits per heavy atom. The Hall–Kier alpha value is -2.42. The molecule has 0 aromatic carbocycles. The average Bonchev–Trinajstić information content (AvgIpc) is 2.38. The van der Waals surface area contributed by atoms with Gasteiger partial charge in [-0.3, -0.25) is 10.1 Å². The lowest BCUT2D eigenvalue weighted by molar-refractivity contribution is -0.384. The fourth-order valence-corrected chi connectivity index (χ4v) is 1.85. The van der Waals surface area contributed by atoms with Crippen molar-refractivity contribution in [2.75, 3.05) is 36.9 Å². The lowest BCUT2D eigenvalue weighted by Crippen LogP contribution is -2.37. The van der Waals surface area contributed by atoms with Crippen LogP contribution in [0.4, 0.5) is 17.3 Å². The maximum atomic E-state index is 11.1. The third-order valence-electron chi connectivity index (χ3n) is 2.75. The van der Waals surface area contributed by atoms with E-state index in [1.165, 1.54) is 6.07 Å². The highest BCUT2D eigenvalue weighted by atomic mass is 16.6. The van der Waals surface area contributed by atoms with Gasteiger partial charge in [-0.25, -0.2) is 9.78 Å². The van der Waals surface area contributed by atoms with E-state index in [9.17, 15) is 14.9 Å². The summed E-state index contributed by atoms with van der Waals surface area (Å²) in [7, 11) is 0. The minimum absolute atomic E-state index is 0.309. The monoisotopic (exact) mass is 268 g/mol. The number of hydrogen-bond donors (Lipinski definition) is 2. The number of hydrogen-bond acceptors (Lipinski definition) is 7. The van der Waals surface area contributed by atoms with Crippen molar-refractivity contribution in [1.29, 1.82) is 0 Å². The zero-order chi connectivity index (χ0) is 14.0. The van der Waals surface area contributed by atoms with Crippen LogP contribution in [0, 0.1) is 10.1 Å². The smallest absolute Gasteiger partial charge is 0.343 e. The quantitative estimate of drug-likeness (QED) is 0.583. The van der Waals surface area contributed by atoms with Crippen molar-refractivity contribution in [3.63, 3.8) is 0 Å². The number of nitrogens with zero attached hydrogens (tertiary/aromatic N) is 3. The summed E-state index contributed by atoms with van der Waals surface area (Å²) >= 11 is 0. The zero-order valence-electron chi connectivity index (χ0n) is 9.90. The molecule has 0 bridgehead atoms. The van der Waals surface area contributed by atoms with Crippen LogP contribution < -0.4 is 10.6 Å². The first-order chi connectivity index (χ1) is 9.00. The first-order valence-electron chi connectivity index (χ1n) is 5.51. The number of nitrogen functional groups attached to an aromatic ring is 1. The molecule has 1 fully saturated rings. The molecule has 0 radical (unpaired) electrons. The number of carboxylic acid groups (broad SMARTS) is 1. The predicted molar refractivity (Wildman–Crippen MR) is 65.3 cm³/mol. The second kappa shape index (κ2) is 5.06. The molecule has 0 amide bonds. The van der Waals surface area contributed by atoms with Gasteiger partial charge < -0.3 is 20.5 Å². The molecule has 0 spiro atoms. The number of aromatic nitrogens is 1. The molecular weight excluding hydrogens is 256 g/mol. The number of carboxylic acids is 1. The molecule has 1 aromatic heterocycles. The number of rotatable bonds is 3. The minimum atomic E-state index is -1.41. The standard InChI is InChI=1S/C10H12N4O5/c11-9-8(14(17)18)6(10(15)16)5-7(12-9)13-1-3-19-4-2-13/h5H,1-4H2,(H2,11,12)(H,15,16). The predicted octanol–water partition coefficient (Wildman–Crippen LogP) is 0.107. The van der Waals surface area contributed by atoms with E-state index in [2.05, 4.69) is 4.98 Å². The van der Waals surface area contributed by atoms with Crippen LogP contribution >= 0.6 is 0 Å². The van der Waals surface area contributed by atoms with Gasteiger partial charge in [0.1, 0.15) is 11.4 Å². The summed E-state index contributed by atoms with van der Waals surface area (Å²) in [5.74, 6) is -1.49. The number of carbonyl (C=O) groups is 1. The Balaban J connectivity index is 2.47. The number of nitrogens with two attached hydrogens (primary N) is 1. The highest BCUT2D eigenvalue weighted by Crippen LogP contribution is 2.29. The third kappa shape index (κ3) is 2.55. The number of nitro groups is 1. The second-order valence-electron chi connectivity index (χ2n) is 3.92. The van der Waals surface area contributed by atoms with Crippen molar-refractivity contribution in [2.24, 2.45) is 0 Å². The summed E-state index contributed by atoms with van der Waals surface area (Å²) in [5.41, 5.74) is 4.36. The molecule has 1 saturated heterocycles. The Morgan fingerprint density at radius 2 is 2.16 bits per heavy atom. The van der Waals surface area contributed by atoms with E-state index in [0.29, 0.717) is 32.1 Å². The lowest BCUT2D eigenvalue weighted by Gasteiger charge is -2.28. The van der Waals surface area contributed by atoms with Crippen LogP contribution in [0.1, 0.15) is 10.4 Å². The Kier molecular flexibility index (Phi) is 3.47. The fraction of sp³-hybridized carbons (Fsp3) is 0.400. The van der Waals surface area contributed by atoms with Crippen molar-refractivity contribution in [1.82, 2.24) is 4.98 Å². The molecule has 9 nitrogen and oxygen atoms in total. The molecule has 9 heteroatoms. The molecule has 19 heavy (non-hydrogen) atoms. The number of anilines is 2. The van der Waals surface area contributed by atoms with Crippen LogP contribution in [0.25, 0.3) is 0 Å². The van der Waals surface area contributed by atoms with Crippen molar-refractivity contribution in [3.8, 4) is 0 Å². The number of ether oxygens (including phenoxy) is 1. The van der Waals surface area contributed by atoms with Gasteiger partial charge in [-0.2, -0.15) is 0 Å². The van der Waals surface area contributed by atoms with Gasteiger partial charge in [0.05, 0.1) is 18.1 Å². The zero-order valence-corrected chi connectivity index (χ0v) is 9.90. The summed E-state index contributed by atoms with van der Waals surface area (Å²) in [5, 5.41) is 19.9. The van der Waals surface area contributed by atoms with E-state index in [0.717, 1.165) is 0 Å². The third-order valence-corrected chi connectivity index (χ3v) is 2.75. The molecule has 0 saturated carbocycles. The van der Waals surface area contributed by atoms with E-state index < -0.39 is 28.0 Å². The van der Waals surface area contributed by atoms with Gasteiger partial charge in [0, 0.05) is 19.2 Å². The molecule has 1 aliphatic heterocycles. The lowest BCUT2D eigenvalue weighted by atomic mass is 10.2. The van der Waals surface area contributed by atoms with Gasteiger partial charge in [0.2, 0.25) is 5.82 Å². The largest absolute Gasteiger partial charge is 0.477 e. The molecule has 2 heterocycles. The number of morpholine rings is 1. The normalized spacial score (nSPS) is 15.3. The van der Waals surface area contributed by atoms with Crippen LogP contribution in [0.5, 0.6) is 0 Å². The van der Waals surface area contributed by atoms with Crippen LogP contribution in [0.3, 0.4) is 0 Å². The number of pyridine rings is 1. The van der Waals surface area contributed by atoms with E-state index in [1.54, 1.807) is 4.90 Å². The molecule has 3 N–H and O–H groups in total. The van der Waals surface area contributed by atoms with Crippen LogP contribution in [0.2, 0.25) is 0 Å². The molecular formula is C10H12N4O5. The first-order valence-corrected chi connectivity index (χ1v) is 5.51. The topological polar surface area (TPSA) is 132 Å². The highest BCUT2D eigenvalue weighted by molar-refractivity contribution is 5.95. The molecule has 1 aromatic rings. The van der Waals surface area contributed by atoms with Gasteiger partial charge in [0.15, 0.2) is 0 Å². The SMILES string of the molecule is Nc1nc(N2CCOCC2)cc(C(=O)O)c1[N+](=O)[O-]. The summed E-state index contributed by atoms with van der Waals surface area (Å²) in [6.45, 7) is 2.04. The minimum Gasteiger partial charge on any atom is -0.477 e. The van der Waals surface area contributed by atoms with Gasteiger partial charge in [-0.1, -0.05) is 0 Å². The molecule has 102 valence electrons. The highest BCUT2D eigenvalue weighted by Gasteiger charge is 2.27. The van der Waals surface area contributed by atoms with Crippen molar-refractivity contribution in [2.45, 2.75) is 0 Å². The van der Waals surface area contributed by atoms with Crippen LogP contribution in [0.15, 0.2) is 6.07 Å². The first kappa shape index (κ1) is 13.0. The molecule has 0 aliphatic carbocycles. The number of aromatic carboxylic acids is 1. The maximum Gasteiger partial charge on any atom is 0.343 e. The molecule has 2 rings (SSSR count). The Labute approximate surface area is 107 Å². The Morgan fingerprint density at radius 3 is 2.68 bits per heavy atom. The fourth-order valence-electron chi connectivity index (χ4n) is 1.85. The van der Waals surface area contributed by atoms with E-state index in [4.69, 9.17) is 15.6 Å². The van der Waals surface area contributed by atoms with Crippen molar-refractivity contribution < 1.29 is 19.6 Å². The summed E-state index contributed by atoms with van der Waals surface area (Å²) < 4.78 is 5.17. The van der Waals surface area contributed by atoms with Gasteiger partial charge in [-0.15, -0.1) is 0 Å². The van der Waals surface area contributed by atoms with Crippen molar-refractivity contribution >= 4 is 23.3 Å². The summed E-state index contributed by atoms with van der Waals surface area (Å²) in [6.07, 6.45) is 0.